The van der Waals surface area contributed by atoms with Crippen molar-refractivity contribution in [2.75, 3.05) is 20.3 Å². The molecule has 0 saturated heterocycles. The van der Waals surface area contributed by atoms with Gasteiger partial charge in [0.15, 0.2) is 0 Å². The largest absolute Gasteiger partial charge is 0.389 e. The van der Waals surface area contributed by atoms with Crippen molar-refractivity contribution in [3.05, 3.63) is 34.9 Å². The van der Waals surface area contributed by atoms with Gasteiger partial charge in [-0.25, -0.2) is 0 Å². The van der Waals surface area contributed by atoms with Crippen LogP contribution in [0.1, 0.15) is 38.3 Å². The summed E-state index contributed by atoms with van der Waals surface area (Å²) in [5.41, 5.74) is 0.435. The minimum atomic E-state index is -0.754. The van der Waals surface area contributed by atoms with E-state index < -0.39 is 5.60 Å². The molecule has 2 unspecified atom stereocenters. The Morgan fingerprint density at radius 1 is 1.37 bits per heavy atom. The fourth-order valence-electron chi connectivity index (χ4n) is 1.95. The summed E-state index contributed by atoms with van der Waals surface area (Å²) < 4.78 is 5.01. The number of methoxy groups -OCH3 is 1. The topological polar surface area (TPSA) is 41.5 Å². The summed E-state index contributed by atoms with van der Waals surface area (Å²) in [7, 11) is 1.64. The highest BCUT2D eigenvalue weighted by Crippen LogP contribution is 2.20. The van der Waals surface area contributed by atoms with E-state index in [1.54, 1.807) is 7.11 Å². The molecule has 0 radical (unpaired) electrons. The number of ether oxygens (including phenoxy) is 1. The van der Waals surface area contributed by atoms with Gasteiger partial charge in [0.25, 0.3) is 0 Å². The molecule has 1 aromatic carbocycles. The second-order valence-corrected chi connectivity index (χ2v) is 5.57. The van der Waals surface area contributed by atoms with Gasteiger partial charge in [-0.15, -0.1) is 0 Å². The lowest BCUT2D eigenvalue weighted by Crippen LogP contribution is -2.40. The zero-order valence-corrected chi connectivity index (χ0v) is 12.7. The van der Waals surface area contributed by atoms with E-state index in [4.69, 9.17) is 16.3 Å². The van der Waals surface area contributed by atoms with Crippen molar-refractivity contribution >= 4 is 11.6 Å². The van der Waals surface area contributed by atoms with E-state index in [9.17, 15) is 5.11 Å². The molecule has 3 nitrogen and oxygen atoms in total. The molecule has 19 heavy (non-hydrogen) atoms. The van der Waals surface area contributed by atoms with E-state index in [-0.39, 0.29) is 6.04 Å². The molecule has 1 aromatic rings. The van der Waals surface area contributed by atoms with Crippen molar-refractivity contribution < 1.29 is 9.84 Å². The van der Waals surface area contributed by atoms with Gasteiger partial charge in [-0.1, -0.05) is 30.7 Å². The van der Waals surface area contributed by atoms with Crippen LogP contribution in [-0.4, -0.2) is 31.0 Å². The van der Waals surface area contributed by atoms with Crippen LogP contribution in [0.25, 0.3) is 0 Å². The highest BCUT2D eigenvalue weighted by atomic mass is 35.5. The monoisotopic (exact) mass is 285 g/mol. The number of benzene rings is 1. The molecule has 0 aliphatic heterocycles. The van der Waals surface area contributed by atoms with Crippen LogP contribution in [0.3, 0.4) is 0 Å². The summed E-state index contributed by atoms with van der Waals surface area (Å²) in [4.78, 5) is 0. The van der Waals surface area contributed by atoms with E-state index in [0.29, 0.717) is 19.6 Å². The Labute approximate surface area is 120 Å². The van der Waals surface area contributed by atoms with Gasteiger partial charge in [-0.3, -0.25) is 0 Å². The molecule has 0 heterocycles. The Bertz CT molecular complexity index is 365. The van der Waals surface area contributed by atoms with E-state index in [2.05, 4.69) is 12.2 Å². The third-order valence-corrected chi connectivity index (χ3v) is 3.51. The standard InChI is InChI=1S/C15H24ClNO2/c1-4-14(12-5-7-13(16)8-6-12)17-11-15(2,18)9-10-19-3/h5-8,14,17-18H,4,9-11H2,1-3H3. The van der Waals surface area contributed by atoms with Crippen molar-refractivity contribution in [3.63, 3.8) is 0 Å². The first-order chi connectivity index (χ1) is 8.98. The van der Waals surface area contributed by atoms with Gasteiger partial charge >= 0.3 is 0 Å². The van der Waals surface area contributed by atoms with Gasteiger partial charge in [-0.2, -0.15) is 0 Å². The van der Waals surface area contributed by atoms with Crippen molar-refractivity contribution in [2.24, 2.45) is 0 Å². The number of hydrogen-bond acceptors (Lipinski definition) is 3. The number of aliphatic hydroxyl groups is 1. The number of halogens is 1. The van der Waals surface area contributed by atoms with Crippen LogP contribution >= 0.6 is 11.6 Å². The molecule has 4 heteroatoms. The van der Waals surface area contributed by atoms with Crippen molar-refractivity contribution in [1.82, 2.24) is 5.32 Å². The summed E-state index contributed by atoms with van der Waals surface area (Å²) in [6.45, 7) is 5.05. The average molecular weight is 286 g/mol. The molecule has 0 amide bonds. The van der Waals surface area contributed by atoms with E-state index in [1.165, 1.54) is 5.56 Å². The number of rotatable bonds is 8. The van der Waals surface area contributed by atoms with Crippen LogP contribution in [0.5, 0.6) is 0 Å². The Morgan fingerprint density at radius 2 is 2.00 bits per heavy atom. The molecule has 0 saturated carbocycles. The maximum atomic E-state index is 10.2. The first-order valence-corrected chi connectivity index (χ1v) is 7.06. The second kappa shape index (κ2) is 7.85. The lowest BCUT2D eigenvalue weighted by Gasteiger charge is -2.27. The first kappa shape index (κ1) is 16.4. The first-order valence-electron chi connectivity index (χ1n) is 6.68. The van der Waals surface area contributed by atoms with Crippen LogP contribution in [0.4, 0.5) is 0 Å². The summed E-state index contributed by atoms with van der Waals surface area (Å²) >= 11 is 5.89. The fourth-order valence-corrected chi connectivity index (χ4v) is 2.07. The number of nitrogens with one attached hydrogen (secondary N) is 1. The Kier molecular flexibility index (Phi) is 6.80. The Morgan fingerprint density at radius 3 is 2.53 bits per heavy atom. The van der Waals surface area contributed by atoms with Gasteiger partial charge in [0.05, 0.1) is 5.60 Å². The maximum Gasteiger partial charge on any atom is 0.0765 e. The fraction of sp³-hybridized carbons (Fsp3) is 0.600. The molecule has 2 atom stereocenters. The zero-order chi connectivity index (χ0) is 14.3. The summed E-state index contributed by atoms with van der Waals surface area (Å²) in [6, 6.07) is 8.06. The third kappa shape index (κ3) is 5.91. The molecule has 2 N–H and O–H groups in total. The lowest BCUT2D eigenvalue weighted by molar-refractivity contribution is 0.0226. The van der Waals surface area contributed by atoms with Crippen LogP contribution in [0.15, 0.2) is 24.3 Å². The zero-order valence-electron chi connectivity index (χ0n) is 11.9. The van der Waals surface area contributed by atoms with Crippen molar-refractivity contribution in [2.45, 2.75) is 38.3 Å². The Balaban J connectivity index is 2.55. The molecule has 0 bridgehead atoms. The highest BCUT2D eigenvalue weighted by molar-refractivity contribution is 6.30. The summed E-state index contributed by atoms with van der Waals surface area (Å²) in [6.07, 6.45) is 1.58. The van der Waals surface area contributed by atoms with E-state index in [1.807, 2.05) is 31.2 Å². The maximum absolute atomic E-state index is 10.2. The normalized spacial score (nSPS) is 16.1. The van der Waals surface area contributed by atoms with Crippen molar-refractivity contribution in [1.29, 1.82) is 0 Å². The Hall–Kier alpha value is -0.610. The minimum Gasteiger partial charge on any atom is -0.389 e. The van der Waals surface area contributed by atoms with Gasteiger partial charge < -0.3 is 15.2 Å². The van der Waals surface area contributed by atoms with Gasteiger partial charge in [0, 0.05) is 37.7 Å². The van der Waals surface area contributed by atoms with Gasteiger partial charge in [0.1, 0.15) is 0 Å². The molecule has 1 rings (SSSR count). The molecule has 108 valence electrons. The quantitative estimate of drug-likeness (QED) is 0.771. The second-order valence-electron chi connectivity index (χ2n) is 5.13. The molecule has 0 fully saturated rings. The molecule has 0 aliphatic carbocycles. The van der Waals surface area contributed by atoms with Crippen LogP contribution in [0, 0.1) is 0 Å². The summed E-state index contributed by atoms with van der Waals surface area (Å²) in [5, 5.41) is 14.4. The lowest BCUT2D eigenvalue weighted by atomic mass is 10.00. The summed E-state index contributed by atoms with van der Waals surface area (Å²) in [5.74, 6) is 0. The van der Waals surface area contributed by atoms with Gasteiger partial charge in [-0.05, 0) is 31.0 Å². The smallest absolute Gasteiger partial charge is 0.0765 e. The van der Waals surface area contributed by atoms with E-state index in [0.717, 1.165) is 11.4 Å². The minimum absolute atomic E-state index is 0.228. The van der Waals surface area contributed by atoms with Crippen LogP contribution in [-0.2, 0) is 4.74 Å². The van der Waals surface area contributed by atoms with Crippen molar-refractivity contribution in [3.8, 4) is 0 Å². The SMILES string of the molecule is CCC(NCC(C)(O)CCOC)c1ccc(Cl)cc1. The predicted octanol–water partition coefficient (Wildman–Crippen LogP) is 3.17. The van der Waals surface area contributed by atoms with Crippen LogP contribution in [0.2, 0.25) is 5.02 Å². The van der Waals surface area contributed by atoms with Crippen LogP contribution < -0.4 is 5.32 Å². The predicted molar refractivity (Wildman–Crippen MR) is 79.6 cm³/mol. The molecule has 0 aromatic heterocycles. The number of hydrogen-bond donors (Lipinski definition) is 2. The molecule has 0 spiro atoms. The molecular weight excluding hydrogens is 262 g/mol. The highest BCUT2D eigenvalue weighted by Gasteiger charge is 2.21. The van der Waals surface area contributed by atoms with Gasteiger partial charge in [0.2, 0.25) is 0 Å². The molecule has 0 aliphatic rings. The third-order valence-electron chi connectivity index (χ3n) is 3.25. The van der Waals surface area contributed by atoms with E-state index >= 15 is 0 Å². The molecular formula is C15H24ClNO2. The average Bonchev–Trinajstić information content (AvgIpc) is 2.39.